The Morgan fingerprint density at radius 2 is 2.08 bits per heavy atom. The molecule has 0 spiro atoms. The zero-order chi connectivity index (χ0) is 8.97. The van der Waals surface area contributed by atoms with Crippen LogP contribution in [0, 0.1) is 0 Å². The van der Waals surface area contributed by atoms with Crippen molar-refractivity contribution in [2.45, 2.75) is 65.0 Å². The molecule has 0 amide bonds. The molecule has 1 aliphatic rings. The van der Waals surface area contributed by atoms with Crippen molar-refractivity contribution in [3.8, 4) is 0 Å². The molecular formula is C11H23N. The van der Waals surface area contributed by atoms with Crippen LogP contribution in [0.25, 0.3) is 0 Å². The van der Waals surface area contributed by atoms with Gasteiger partial charge in [0.2, 0.25) is 0 Å². The van der Waals surface area contributed by atoms with Crippen molar-refractivity contribution in [1.82, 2.24) is 4.90 Å². The zero-order valence-corrected chi connectivity index (χ0v) is 8.84. The summed E-state index contributed by atoms with van der Waals surface area (Å²) in [5, 5.41) is 0. The SMILES string of the molecule is CCCCCC1CCN1C(C)C. The van der Waals surface area contributed by atoms with Crippen molar-refractivity contribution >= 4 is 0 Å². The van der Waals surface area contributed by atoms with Gasteiger partial charge >= 0.3 is 0 Å². The first-order chi connectivity index (χ1) is 5.75. The lowest BCUT2D eigenvalue weighted by molar-refractivity contribution is 0.0492. The predicted molar refractivity (Wildman–Crippen MR) is 54.4 cm³/mol. The molecule has 1 atom stereocenters. The Morgan fingerprint density at radius 3 is 2.50 bits per heavy atom. The number of nitrogens with zero attached hydrogens (tertiary/aromatic N) is 1. The molecule has 0 aliphatic carbocycles. The van der Waals surface area contributed by atoms with Crippen LogP contribution in [0.4, 0.5) is 0 Å². The van der Waals surface area contributed by atoms with Gasteiger partial charge in [0.25, 0.3) is 0 Å². The van der Waals surface area contributed by atoms with Crippen LogP contribution in [0.15, 0.2) is 0 Å². The molecule has 1 saturated heterocycles. The highest BCUT2D eigenvalue weighted by Crippen LogP contribution is 2.24. The Hall–Kier alpha value is -0.0400. The molecule has 1 aliphatic heterocycles. The average Bonchev–Trinajstić information content (AvgIpc) is 1.94. The molecule has 1 heterocycles. The summed E-state index contributed by atoms with van der Waals surface area (Å²) in [5.74, 6) is 0. The average molecular weight is 169 g/mol. The fourth-order valence-electron chi connectivity index (χ4n) is 2.08. The Kier molecular flexibility index (Phi) is 4.07. The van der Waals surface area contributed by atoms with E-state index in [1.165, 1.54) is 38.6 Å². The molecule has 1 fully saturated rings. The molecule has 0 bridgehead atoms. The van der Waals surface area contributed by atoms with E-state index in [0.717, 1.165) is 12.1 Å². The van der Waals surface area contributed by atoms with Gasteiger partial charge in [-0.15, -0.1) is 0 Å². The monoisotopic (exact) mass is 169 g/mol. The van der Waals surface area contributed by atoms with Gasteiger partial charge in [-0.05, 0) is 26.7 Å². The van der Waals surface area contributed by atoms with Gasteiger partial charge in [0, 0.05) is 18.6 Å². The number of likely N-dealkylation sites (tertiary alicyclic amines) is 1. The lowest BCUT2D eigenvalue weighted by Gasteiger charge is -2.44. The number of hydrogen-bond acceptors (Lipinski definition) is 1. The maximum Gasteiger partial charge on any atom is 0.0110 e. The zero-order valence-electron chi connectivity index (χ0n) is 8.84. The van der Waals surface area contributed by atoms with Crippen LogP contribution in [0.2, 0.25) is 0 Å². The van der Waals surface area contributed by atoms with Crippen LogP contribution in [0.1, 0.15) is 52.9 Å². The lowest BCUT2D eigenvalue weighted by Crippen LogP contribution is -2.51. The smallest absolute Gasteiger partial charge is 0.0110 e. The Morgan fingerprint density at radius 1 is 1.33 bits per heavy atom. The maximum atomic E-state index is 2.63. The molecule has 1 rings (SSSR count). The first-order valence-electron chi connectivity index (χ1n) is 5.51. The highest BCUT2D eigenvalue weighted by molar-refractivity contribution is 4.84. The van der Waals surface area contributed by atoms with Crippen molar-refractivity contribution in [3.63, 3.8) is 0 Å². The molecule has 0 saturated carbocycles. The Labute approximate surface area is 77.1 Å². The first-order valence-corrected chi connectivity index (χ1v) is 5.51. The van der Waals surface area contributed by atoms with Crippen LogP contribution >= 0.6 is 0 Å². The van der Waals surface area contributed by atoms with Crippen LogP contribution in [-0.2, 0) is 0 Å². The van der Waals surface area contributed by atoms with E-state index in [9.17, 15) is 0 Å². The molecule has 72 valence electrons. The molecule has 1 heteroatoms. The largest absolute Gasteiger partial charge is 0.298 e. The van der Waals surface area contributed by atoms with E-state index < -0.39 is 0 Å². The number of unbranched alkanes of at least 4 members (excludes halogenated alkanes) is 2. The van der Waals surface area contributed by atoms with Gasteiger partial charge in [0.15, 0.2) is 0 Å². The van der Waals surface area contributed by atoms with Gasteiger partial charge in [-0.25, -0.2) is 0 Å². The van der Waals surface area contributed by atoms with Crippen molar-refractivity contribution < 1.29 is 0 Å². The van der Waals surface area contributed by atoms with E-state index in [2.05, 4.69) is 25.7 Å². The standard InChI is InChI=1S/C11H23N/c1-4-5-6-7-11-8-9-12(11)10(2)3/h10-11H,4-9H2,1-3H3. The minimum absolute atomic E-state index is 0.769. The fraction of sp³-hybridized carbons (Fsp3) is 1.00. The molecule has 0 aromatic carbocycles. The molecule has 1 unspecified atom stereocenters. The summed E-state index contributed by atoms with van der Waals surface area (Å²) in [4.78, 5) is 2.63. The summed E-state index contributed by atoms with van der Waals surface area (Å²) >= 11 is 0. The van der Waals surface area contributed by atoms with Crippen molar-refractivity contribution in [1.29, 1.82) is 0 Å². The summed E-state index contributed by atoms with van der Waals surface area (Å²) in [6, 6.07) is 1.70. The topological polar surface area (TPSA) is 3.24 Å². The predicted octanol–water partition coefficient (Wildman–Crippen LogP) is 3.05. The van der Waals surface area contributed by atoms with E-state index in [-0.39, 0.29) is 0 Å². The molecule has 0 aromatic heterocycles. The van der Waals surface area contributed by atoms with Gasteiger partial charge in [-0.1, -0.05) is 26.2 Å². The first kappa shape index (κ1) is 10.0. The van der Waals surface area contributed by atoms with Crippen LogP contribution < -0.4 is 0 Å². The Balaban J connectivity index is 2.08. The highest BCUT2D eigenvalue weighted by atomic mass is 15.2. The fourth-order valence-corrected chi connectivity index (χ4v) is 2.08. The van der Waals surface area contributed by atoms with E-state index in [1.807, 2.05) is 0 Å². The second-order valence-electron chi connectivity index (χ2n) is 4.27. The van der Waals surface area contributed by atoms with Crippen LogP contribution in [0.5, 0.6) is 0 Å². The van der Waals surface area contributed by atoms with Crippen LogP contribution in [0.3, 0.4) is 0 Å². The van der Waals surface area contributed by atoms with Gasteiger partial charge in [-0.3, -0.25) is 4.90 Å². The molecule has 0 N–H and O–H groups in total. The lowest BCUT2D eigenvalue weighted by atomic mass is 9.95. The van der Waals surface area contributed by atoms with E-state index >= 15 is 0 Å². The van der Waals surface area contributed by atoms with Gasteiger partial charge < -0.3 is 0 Å². The maximum absolute atomic E-state index is 2.63. The van der Waals surface area contributed by atoms with Crippen molar-refractivity contribution in [3.05, 3.63) is 0 Å². The second kappa shape index (κ2) is 4.86. The Bertz CT molecular complexity index is 120. The third-order valence-electron chi connectivity index (χ3n) is 2.99. The second-order valence-corrected chi connectivity index (χ2v) is 4.27. The van der Waals surface area contributed by atoms with E-state index in [4.69, 9.17) is 0 Å². The molecular weight excluding hydrogens is 146 g/mol. The minimum Gasteiger partial charge on any atom is -0.298 e. The molecule has 0 radical (unpaired) electrons. The van der Waals surface area contributed by atoms with Gasteiger partial charge in [0.05, 0.1) is 0 Å². The van der Waals surface area contributed by atoms with Gasteiger partial charge in [0.1, 0.15) is 0 Å². The van der Waals surface area contributed by atoms with Crippen molar-refractivity contribution in [2.24, 2.45) is 0 Å². The van der Waals surface area contributed by atoms with E-state index in [1.54, 1.807) is 0 Å². The van der Waals surface area contributed by atoms with Crippen molar-refractivity contribution in [2.75, 3.05) is 6.54 Å². The molecule has 1 nitrogen and oxygen atoms in total. The highest BCUT2D eigenvalue weighted by Gasteiger charge is 2.28. The quantitative estimate of drug-likeness (QED) is 0.572. The van der Waals surface area contributed by atoms with Crippen LogP contribution in [-0.4, -0.2) is 23.5 Å². The minimum atomic E-state index is 0.769. The normalized spacial score (nSPS) is 24.5. The third-order valence-corrected chi connectivity index (χ3v) is 2.99. The summed E-state index contributed by atoms with van der Waals surface area (Å²) in [6.45, 7) is 8.24. The summed E-state index contributed by atoms with van der Waals surface area (Å²) in [5.41, 5.74) is 0. The number of rotatable bonds is 5. The molecule has 12 heavy (non-hydrogen) atoms. The van der Waals surface area contributed by atoms with E-state index in [0.29, 0.717) is 0 Å². The van der Waals surface area contributed by atoms with Gasteiger partial charge in [-0.2, -0.15) is 0 Å². The summed E-state index contributed by atoms with van der Waals surface area (Å²) in [7, 11) is 0. The summed E-state index contributed by atoms with van der Waals surface area (Å²) < 4.78 is 0. The summed E-state index contributed by atoms with van der Waals surface area (Å²) in [6.07, 6.45) is 7.09. The third kappa shape index (κ3) is 2.48. The number of hydrogen-bond donors (Lipinski definition) is 0. The molecule has 0 aromatic rings.